The molecule has 0 bridgehead atoms. The summed E-state index contributed by atoms with van der Waals surface area (Å²) in [4.78, 5) is 6.80. The minimum absolute atomic E-state index is 0.0146. The third-order valence-corrected chi connectivity index (χ3v) is 4.64. The van der Waals surface area contributed by atoms with Gasteiger partial charge in [0.25, 0.3) is 0 Å². The van der Waals surface area contributed by atoms with E-state index in [0.717, 1.165) is 30.8 Å². The molecular weight excluding hydrogens is 252 g/mol. The lowest BCUT2D eigenvalue weighted by Crippen LogP contribution is -2.54. The van der Waals surface area contributed by atoms with E-state index in [-0.39, 0.29) is 11.6 Å². The zero-order chi connectivity index (χ0) is 14.6. The fourth-order valence-corrected chi connectivity index (χ4v) is 3.18. The molecule has 2 atom stereocenters. The minimum atomic E-state index is -0.0146. The van der Waals surface area contributed by atoms with Crippen LogP contribution in [0.3, 0.4) is 0 Å². The van der Waals surface area contributed by atoms with Gasteiger partial charge in [-0.25, -0.2) is 0 Å². The number of hydrazine groups is 1. The second-order valence-corrected chi connectivity index (χ2v) is 5.66. The zero-order valence-electron chi connectivity index (χ0n) is 12.7. The van der Waals surface area contributed by atoms with Gasteiger partial charge in [-0.2, -0.15) is 0 Å². The molecule has 3 N–H and O–H groups in total. The lowest BCUT2D eigenvalue weighted by atomic mass is 9.84. The number of ether oxygens (including phenoxy) is 1. The van der Waals surface area contributed by atoms with E-state index in [1.165, 1.54) is 12.8 Å². The maximum Gasteiger partial charge on any atom is 0.137 e. The molecule has 2 rings (SSSR count). The van der Waals surface area contributed by atoms with E-state index in [0.29, 0.717) is 0 Å². The highest BCUT2D eigenvalue weighted by atomic mass is 16.5. The van der Waals surface area contributed by atoms with Gasteiger partial charge in [-0.05, 0) is 50.9 Å². The van der Waals surface area contributed by atoms with Crippen LogP contribution in [0.5, 0.6) is 5.75 Å². The van der Waals surface area contributed by atoms with Gasteiger partial charge in [0.2, 0.25) is 0 Å². The van der Waals surface area contributed by atoms with Crippen molar-refractivity contribution in [2.24, 2.45) is 5.84 Å². The molecular formula is C15H26N4O. The van der Waals surface area contributed by atoms with Crippen molar-refractivity contribution in [3.8, 4) is 5.75 Å². The average molecular weight is 278 g/mol. The van der Waals surface area contributed by atoms with Crippen LogP contribution in [0.4, 0.5) is 0 Å². The van der Waals surface area contributed by atoms with E-state index in [1.807, 2.05) is 12.3 Å². The van der Waals surface area contributed by atoms with Gasteiger partial charge in [-0.1, -0.05) is 6.92 Å². The number of methoxy groups -OCH3 is 1. The molecule has 5 heteroatoms. The molecule has 1 aliphatic rings. The Balaban J connectivity index is 2.32. The van der Waals surface area contributed by atoms with Crippen molar-refractivity contribution in [2.75, 3.05) is 20.2 Å². The number of hydrogen-bond acceptors (Lipinski definition) is 5. The Hall–Kier alpha value is -1.17. The summed E-state index contributed by atoms with van der Waals surface area (Å²) in [6, 6.07) is 2.05. The van der Waals surface area contributed by atoms with Crippen LogP contribution < -0.4 is 16.0 Å². The maximum absolute atomic E-state index is 5.88. The van der Waals surface area contributed by atoms with Crippen molar-refractivity contribution in [2.45, 2.75) is 44.7 Å². The Morgan fingerprint density at radius 3 is 2.70 bits per heavy atom. The van der Waals surface area contributed by atoms with Crippen LogP contribution in [0.15, 0.2) is 18.5 Å². The van der Waals surface area contributed by atoms with Gasteiger partial charge < -0.3 is 4.74 Å². The highest BCUT2D eigenvalue weighted by Gasteiger charge is 2.40. The third-order valence-electron chi connectivity index (χ3n) is 4.64. The van der Waals surface area contributed by atoms with Crippen LogP contribution in [-0.4, -0.2) is 35.6 Å². The number of rotatable bonds is 6. The Morgan fingerprint density at radius 2 is 2.15 bits per heavy atom. The minimum Gasteiger partial charge on any atom is -0.495 e. The smallest absolute Gasteiger partial charge is 0.137 e. The van der Waals surface area contributed by atoms with Gasteiger partial charge in [0.15, 0.2) is 0 Å². The molecule has 2 unspecified atom stereocenters. The molecule has 2 heterocycles. The normalized spacial score (nSPS) is 20.6. The fraction of sp³-hybridized carbons (Fsp3) is 0.667. The first-order chi connectivity index (χ1) is 9.65. The molecule has 0 saturated carbocycles. The summed E-state index contributed by atoms with van der Waals surface area (Å²) in [6.07, 6.45) is 7.15. The molecule has 0 amide bonds. The summed E-state index contributed by atoms with van der Waals surface area (Å²) in [7, 11) is 1.66. The number of pyridine rings is 1. The first-order valence-electron chi connectivity index (χ1n) is 7.35. The standard InChI is InChI=1S/C15H26N4O/c1-4-15(2,19-7-5-6-8-19)14(18-16)12-9-13(20-3)11-17-10-12/h9-11,14,18H,4-8,16H2,1-3H3. The summed E-state index contributed by atoms with van der Waals surface area (Å²) in [6.45, 7) is 6.78. The maximum atomic E-state index is 5.88. The van der Waals surface area contributed by atoms with E-state index in [2.05, 4.69) is 29.2 Å². The molecule has 0 aromatic carbocycles. The van der Waals surface area contributed by atoms with E-state index in [1.54, 1.807) is 13.3 Å². The Kier molecular flexibility index (Phi) is 4.96. The van der Waals surface area contributed by atoms with E-state index in [4.69, 9.17) is 10.6 Å². The number of likely N-dealkylation sites (tertiary alicyclic amines) is 1. The van der Waals surface area contributed by atoms with Crippen LogP contribution in [0.25, 0.3) is 0 Å². The van der Waals surface area contributed by atoms with Crippen molar-refractivity contribution in [3.63, 3.8) is 0 Å². The van der Waals surface area contributed by atoms with E-state index in [9.17, 15) is 0 Å². The van der Waals surface area contributed by atoms with Gasteiger partial charge in [0, 0.05) is 11.7 Å². The van der Waals surface area contributed by atoms with Crippen LogP contribution in [0.2, 0.25) is 0 Å². The Labute approximate surface area is 121 Å². The highest BCUT2D eigenvalue weighted by molar-refractivity contribution is 5.28. The van der Waals surface area contributed by atoms with Gasteiger partial charge in [-0.15, -0.1) is 0 Å². The second-order valence-electron chi connectivity index (χ2n) is 5.66. The van der Waals surface area contributed by atoms with Crippen molar-refractivity contribution >= 4 is 0 Å². The zero-order valence-corrected chi connectivity index (χ0v) is 12.7. The van der Waals surface area contributed by atoms with Crippen molar-refractivity contribution < 1.29 is 4.74 Å². The first kappa shape index (κ1) is 15.2. The molecule has 1 aromatic heterocycles. The van der Waals surface area contributed by atoms with Crippen molar-refractivity contribution in [1.82, 2.24) is 15.3 Å². The van der Waals surface area contributed by atoms with Crippen LogP contribution in [0, 0.1) is 0 Å². The monoisotopic (exact) mass is 278 g/mol. The second kappa shape index (κ2) is 6.52. The summed E-state index contributed by atoms with van der Waals surface area (Å²) in [5.74, 6) is 6.65. The Morgan fingerprint density at radius 1 is 1.45 bits per heavy atom. The SMILES string of the molecule is CCC(C)(C(NN)c1cncc(OC)c1)N1CCCC1. The number of hydrogen-bond donors (Lipinski definition) is 2. The molecule has 1 aromatic rings. The van der Waals surface area contributed by atoms with Crippen LogP contribution in [-0.2, 0) is 0 Å². The average Bonchev–Trinajstić information content (AvgIpc) is 3.02. The summed E-state index contributed by atoms with van der Waals surface area (Å²) in [5.41, 5.74) is 4.06. The number of aromatic nitrogens is 1. The molecule has 0 aliphatic carbocycles. The van der Waals surface area contributed by atoms with Crippen molar-refractivity contribution in [3.05, 3.63) is 24.0 Å². The molecule has 5 nitrogen and oxygen atoms in total. The lowest BCUT2D eigenvalue weighted by molar-refractivity contribution is 0.0838. The molecule has 112 valence electrons. The molecule has 1 aliphatic heterocycles. The predicted molar refractivity (Wildman–Crippen MR) is 80.4 cm³/mol. The van der Waals surface area contributed by atoms with Crippen LogP contribution >= 0.6 is 0 Å². The number of nitrogens with two attached hydrogens (primary N) is 1. The summed E-state index contributed by atoms with van der Waals surface area (Å²) < 4.78 is 5.28. The third kappa shape index (κ3) is 2.80. The molecule has 1 saturated heterocycles. The van der Waals surface area contributed by atoms with Crippen LogP contribution in [0.1, 0.15) is 44.7 Å². The van der Waals surface area contributed by atoms with Gasteiger partial charge in [-0.3, -0.25) is 21.2 Å². The van der Waals surface area contributed by atoms with Gasteiger partial charge >= 0.3 is 0 Å². The highest BCUT2D eigenvalue weighted by Crippen LogP contribution is 2.36. The molecule has 20 heavy (non-hydrogen) atoms. The first-order valence-corrected chi connectivity index (χ1v) is 7.35. The predicted octanol–water partition coefficient (Wildman–Crippen LogP) is 1.86. The largest absolute Gasteiger partial charge is 0.495 e. The molecule has 1 fully saturated rings. The van der Waals surface area contributed by atoms with Crippen molar-refractivity contribution in [1.29, 1.82) is 0 Å². The van der Waals surface area contributed by atoms with E-state index >= 15 is 0 Å². The van der Waals surface area contributed by atoms with Gasteiger partial charge in [0.1, 0.15) is 5.75 Å². The Bertz CT molecular complexity index is 434. The topological polar surface area (TPSA) is 63.4 Å². The number of nitrogens with zero attached hydrogens (tertiary/aromatic N) is 2. The quantitative estimate of drug-likeness (QED) is 0.614. The van der Waals surface area contributed by atoms with E-state index < -0.39 is 0 Å². The fourth-order valence-electron chi connectivity index (χ4n) is 3.18. The van der Waals surface area contributed by atoms with Gasteiger partial charge in [0.05, 0.1) is 19.3 Å². The lowest BCUT2D eigenvalue weighted by Gasteiger charge is -2.44. The molecule has 0 spiro atoms. The number of nitrogens with one attached hydrogen (secondary N) is 1. The molecule has 0 radical (unpaired) electrons. The summed E-state index contributed by atoms with van der Waals surface area (Å²) in [5, 5.41) is 0. The summed E-state index contributed by atoms with van der Waals surface area (Å²) >= 11 is 0.